The van der Waals surface area contributed by atoms with Crippen LogP contribution in [0.25, 0.3) is 0 Å². The highest BCUT2D eigenvalue weighted by Gasteiger charge is 2.14. The van der Waals surface area contributed by atoms with Crippen LogP contribution >= 0.6 is 11.6 Å². The van der Waals surface area contributed by atoms with Gasteiger partial charge < -0.3 is 4.74 Å². The second kappa shape index (κ2) is 5.41. The molecule has 0 aromatic heterocycles. The van der Waals surface area contributed by atoms with Gasteiger partial charge in [-0.3, -0.25) is 4.79 Å². The third-order valence-electron chi connectivity index (χ3n) is 1.70. The Hall–Kier alpha value is -0.240. The Morgan fingerprint density at radius 1 is 1.33 bits per heavy atom. The predicted octanol–water partition coefficient (Wildman–Crippen LogP) is 2.59. The van der Waals surface area contributed by atoms with Gasteiger partial charge in [0.1, 0.15) is 6.10 Å². The van der Waals surface area contributed by atoms with Crippen LogP contribution in [-0.2, 0) is 9.53 Å². The number of halogens is 1. The highest BCUT2D eigenvalue weighted by molar-refractivity contribution is 6.21. The SMILES string of the molecule is CC(Cl)CC(=O)OC(C)C(C)C. The first-order valence-electron chi connectivity index (χ1n) is 4.27. The number of esters is 1. The number of carbonyl (C=O) groups excluding carboxylic acids is 1. The predicted molar refractivity (Wildman–Crippen MR) is 50.3 cm³/mol. The van der Waals surface area contributed by atoms with Gasteiger partial charge in [-0.05, 0) is 19.8 Å². The van der Waals surface area contributed by atoms with Crippen molar-refractivity contribution in [1.29, 1.82) is 0 Å². The van der Waals surface area contributed by atoms with Crippen LogP contribution < -0.4 is 0 Å². The summed E-state index contributed by atoms with van der Waals surface area (Å²) in [5, 5.41) is -0.142. The van der Waals surface area contributed by atoms with Crippen LogP contribution in [0.2, 0.25) is 0 Å². The molecule has 72 valence electrons. The van der Waals surface area contributed by atoms with Gasteiger partial charge in [0.15, 0.2) is 0 Å². The minimum absolute atomic E-state index is 0.0204. The Kier molecular flexibility index (Phi) is 5.31. The van der Waals surface area contributed by atoms with Crippen molar-refractivity contribution >= 4 is 17.6 Å². The maximum absolute atomic E-state index is 11.1. The van der Waals surface area contributed by atoms with Gasteiger partial charge in [0.2, 0.25) is 0 Å². The molecule has 0 saturated carbocycles. The zero-order valence-electron chi connectivity index (χ0n) is 8.13. The Morgan fingerprint density at radius 3 is 2.17 bits per heavy atom. The average molecular weight is 193 g/mol. The summed E-state index contributed by atoms with van der Waals surface area (Å²) in [6.07, 6.45) is 0.270. The highest BCUT2D eigenvalue weighted by atomic mass is 35.5. The fourth-order valence-electron chi connectivity index (χ4n) is 0.621. The number of hydrogen-bond donors (Lipinski definition) is 0. The molecule has 0 spiro atoms. The van der Waals surface area contributed by atoms with E-state index < -0.39 is 0 Å². The molecule has 0 rings (SSSR count). The number of hydrogen-bond acceptors (Lipinski definition) is 2. The largest absolute Gasteiger partial charge is 0.462 e. The minimum atomic E-state index is -0.210. The summed E-state index contributed by atoms with van der Waals surface area (Å²) in [6, 6.07) is 0. The molecule has 0 N–H and O–H groups in total. The lowest BCUT2D eigenvalue weighted by Crippen LogP contribution is -2.21. The summed E-state index contributed by atoms with van der Waals surface area (Å²) in [7, 11) is 0. The summed E-state index contributed by atoms with van der Waals surface area (Å²) in [4.78, 5) is 11.1. The number of alkyl halides is 1. The van der Waals surface area contributed by atoms with E-state index >= 15 is 0 Å². The van der Waals surface area contributed by atoms with E-state index in [2.05, 4.69) is 0 Å². The maximum atomic E-state index is 11.1. The number of rotatable bonds is 4. The van der Waals surface area contributed by atoms with Crippen molar-refractivity contribution in [3.63, 3.8) is 0 Å². The van der Waals surface area contributed by atoms with Crippen LogP contribution in [0.1, 0.15) is 34.1 Å². The van der Waals surface area contributed by atoms with Crippen molar-refractivity contribution in [2.45, 2.75) is 45.6 Å². The van der Waals surface area contributed by atoms with Crippen molar-refractivity contribution in [2.75, 3.05) is 0 Å². The van der Waals surface area contributed by atoms with Gasteiger partial charge in [-0.25, -0.2) is 0 Å². The van der Waals surface area contributed by atoms with Gasteiger partial charge in [0.25, 0.3) is 0 Å². The van der Waals surface area contributed by atoms with Crippen LogP contribution in [0.4, 0.5) is 0 Å². The normalized spacial score (nSPS) is 15.8. The molecule has 2 nitrogen and oxygen atoms in total. The topological polar surface area (TPSA) is 26.3 Å². The first kappa shape index (κ1) is 11.8. The third-order valence-corrected chi connectivity index (χ3v) is 1.86. The first-order valence-corrected chi connectivity index (χ1v) is 4.70. The molecule has 0 aliphatic heterocycles. The van der Waals surface area contributed by atoms with E-state index in [1.807, 2.05) is 20.8 Å². The molecule has 0 aliphatic rings. The van der Waals surface area contributed by atoms with E-state index in [0.717, 1.165) is 0 Å². The van der Waals surface area contributed by atoms with Crippen LogP contribution in [-0.4, -0.2) is 17.5 Å². The van der Waals surface area contributed by atoms with Crippen molar-refractivity contribution < 1.29 is 9.53 Å². The van der Waals surface area contributed by atoms with Crippen LogP contribution in [0, 0.1) is 5.92 Å². The van der Waals surface area contributed by atoms with Gasteiger partial charge in [-0.2, -0.15) is 0 Å². The standard InChI is InChI=1S/C9H17ClO2/c1-6(2)8(4)12-9(11)5-7(3)10/h6-8H,5H2,1-4H3. The van der Waals surface area contributed by atoms with Crippen molar-refractivity contribution in [2.24, 2.45) is 5.92 Å². The molecule has 12 heavy (non-hydrogen) atoms. The monoisotopic (exact) mass is 192 g/mol. The van der Waals surface area contributed by atoms with E-state index in [1.165, 1.54) is 0 Å². The van der Waals surface area contributed by atoms with Crippen LogP contribution in [0.15, 0.2) is 0 Å². The van der Waals surface area contributed by atoms with E-state index in [-0.39, 0.29) is 17.5 Å². The molecular formula is C9H17ClO2. The maximum Gasteiger partial charge on any atom is 0.307 e. The van der Waals surface area contributed by atoms with Gasteiger partial charge in [-0.15, -0.1) is 11.6 Å². The molecule has 0 radical (unpaired) electrons. The minimum Gasteiger partial charge on any atom is -0.462 e. The molecule has 0 aliphatic carbocycles. The zero-order chi connectivity index (χ0) is 9.72. The molecule has 0 aromatic rings. The van der Waals surface area contributed by atoms with Gasteiger partial charge in [0.05, 0.1) is 6.42 Å². The molecule has 0 aromatic carbocycles. The van der Waals surface area contributed by atoms with Crippen LogP contribution in [0.5, 0.6) is 0 Å². The van der Waals surface area contributed by atoms with E-state index in [4.69, 9.17) is 16.3 Å². The Morgan fingerprint density at radius 2 is 1.83 bits per heavy atom. The Balaban J connectivity index is 3.69. The highest BCUT2D eigenvalue weighted by Crippen LogP contribution is 2.08. The molecule has 2 unspecified atom stereocenters. The zero-order valence-corrected chi connectivity index (χ0v) is 8.89. The second-order valence-electron chi connectivity index (χ2n) is 3.42. The van der Waals surface area contributed by atoms with Crippen molar-refractivity contribution in [1.82, 2.24) is 0 Å². The van der Waals surface area contributed by atoms with E-state index in [9.17, 15) is 4.79 Å². The van der Waals surface area contributed by atoms with Crippen molar-refractivity contribution in [3.05, 3.63) is 0 Å². The molecule has 0 saturated heterocycles. The van der Waals surface area contributed by atoms with Gasteiger partial charge in [-0.1, -0.05) is 13.8 Å². The smallest absolute Gasteiger partial charge is 0.307 e. The van der Waals surface area contributed by atoms with Crippen LogP contribution in [0.3, 0.4) is 0 Å². The lowest BCUT2D eigenvalue weighted by Gasteiger charge is -2.16. The van der Waals surface area contributed by atoms with Crippen molar-refractivity contribution in [3.8, 4) is 0 Å². The average Bonchev–Trinajstić information content (AvgIpc) is 1.84. The molecular weight excluding hydrogens is 176 g/mol. The third kappa shape index (κ3) is 5.42. The fourth-order valence-corrected chi connectivity index (χ4v) is 0.747. The Bertz CT molecular complexity index is 143. The van der Waals surface area contributed by atoms with Gasteiger partial charge in [0, 0.05) is 5.38 Å². The summed E-state index contributed by atoms with van der Waals surface area (Å²) in [5.74, 6) is 0.151. The number of carbonyl (C=O) groups is 1. The quantitative estimate of drug-likeness (QED) is 0.506. The lowest BCUT2D eigenvalue weighted by molar-refractivity contribution is -0.150. The summed E-state index contributed by atoms with van der Waals surface area (Å²) >= 11 is 5.63. The van der Waals surface area contributed by atoms with E-state index in [1.54, 1.807) is 6.92 Å². The summed E-state index contributed by atoms with van der Waals surface area (Å²) in [5.41, 5.74) is 0. The second-order valence-corrected chi connectivity index (χ2v) is 4.17. The number of ether oxygens (including phenoxy) is 1. The molecule has 0 fully saturated rings. The van der Waals surface area contributed by atoms with Gasteiger partial charge >= 0.3 is 5.97 Å². The summed E-state index contributed by atoms with van der Waals surface area (Å²) < 4.78 is 5.10. The molecule has 0 amide bonds. The Labute approximate surface area is 79.2 Å². The first-order chi connectivity index (χ1) is 5.43. The fraction of sp³-hybridized carbons (Fsp3) is 0.889. The summed E-state index contributed by atoms with van der Waals surface area (Å²) in [6.45, 7) is 7.70. The van der Waals surface area contributed by atoms with E-state index in [0.29, 0.717) is 12.3 Å². The molecule has 0 bridgehead atoms. The molecule has 2 atom stereocenters. The molecule has 3 heteroatoms. The lowest BCUT2D eigenvalue weighted by atomic mass is 10.1. The molecule has 0 heterocycles.